The van der Waals surface area contributed by atoms with Gasteiger partial charge in [-0.05, 0) is 56.8 Å². The zero-order chi connectivity index (χ0) is 25.1. The fraction of sp³-hybridized carbons (Fsp3) is 0.571. The van der Waals surface area contributed by atoms with Gasteiger partial charge in [0.1, 0.15) is 0 Å². The van der Waals surface area contributed by atoms with E-state index in [9.17, 15) is 5.11 Å². The standard InChI is InChI=1S/C28H40N6O2/c1-20(19-36-3)30-28-29-17-27-25(16-26(34(27)31-28)23-8-10-24(35)11-9-23)22-6-4-21(5-7-22)18-33-14-12-32(2)13-15-33/h4-7,16-17,20,23-24,35H,8-15,18-19H2,1-3H3,(H,30,31)/t20-,23-,24-/m0/s1. The number of hydrogen-bond donors (Lipinski definition) is 2. The molecule has 1 saturated heterocycles. The van der Waals surface area contributed by atoms with Crippen LogP contribution in [0.5, 0.6) is 0 Å². The second-order valence-corrected chi connectivity index (χ2v) is 10.6. The van der Waals surface area contributed by atoms with E-state index in [0.717, 1.165) is 63.9 Å². The van der Waals surface area contributed by atoms with Crippen LogP contribution in [0.4, 0.5) is 5.95 Å². The Labute approximate surface area is 214 Å². The number of anilines is 1. The zero-order valence-electron chi connectivity index (χ0n) is 21.9. The van der Waals surface area contributed by atoms with E-state index < -0.39 is 0 Å². The van der Waals surface area contributed by atoms with Crippen molar-refractivity contribution in [2.24, 2.45) is 0 Å². The topological polar surface area (TPSA) is 78.2 Å². The van der Waals surface area contributed by atoms with Crippen LogP contribution in [0.15, 0.2) is 36.5 Å². The molecule has 0 amide bonds. The highest BCUT2D eigenvalue weighted by atomic mass is 16.5. The molecule has 36 heavy (non-hydrogen) atoms. The first-order valence-electron chi connectivity index (χ1n) is 13.3. The van der Waals surface area contributed by atoms with Gasteiger partial charge in [-0.15, -0.1) is 5.10 Å². The van der Waals surface area contributed by atoms with E-state index in [1.54, 1.807) is 7.11 Å². The lowest BCUT2D eigenvalue weighted by Gasteiger charge is -2.32. The molecule has 8 nitrogen and oxygen atoms in total. The van der Waals surface area contributed by atoms with Gasteiger partial charge in [-0.1, -0.05) is 24.3 Å². The van der Waals surface area contributed by atoms with E-state index in [1.807, 2.05) is 6.20 Å². The minimum Gasteiger partial charge on any atom is -0.393 e. The fourth-order valence-electron chi connectivity index (χ4n) is 5.54. The SMILES string of the molecule is COC[C@H](C)Nc1ncc2c(-c3ccc(CN4CCN(C)CC4)cc3)cc([C@H]3CC[C@H](O)CC3)n2n1. The monoisotopic (exact) mass is 492 g/mol. The summed E-state index contributed by atoms with van der Waals surface area (Å²) in [6.45, 7) is 8.17. The molecule has 1 aliphatic heterocycles. The molecule has 0 spiro atoms. The highest BCUT2D eigenvalue weighted by Gasteiger charge is 2.26. The van der Waals surface area contributed by atoms with Crippen molar-refractivity contribution in [1.29, 1.82) is 0 Å². The first-order valence-corrected chi connectivity index (χ1v) is 13.3. The predicted octanol–water partition coefficient (Wildman–Crippen LogP) is 3.61. The number of fused-ring (bicyclic) bond motifs is 1. The Hall–Kier alpha value is -2.52. The summed E-state index contributed by atoms with van der Waals surface area (Å²) in [4.78, 5) is 9.56. The van der Waals surface area contributed by atoms with Crippen LogP contribution in [0.3, 0.4) is 0 Å². The third-order valence-corrected chi connectivity index (χ3v) is 7.72. The molecule has 2 fully saturated rings. The maximum absolute atomic E-state index is 10.1. The van der Waals surface area contributed by atoms with Crippen molar-refractivity contribution < 1.29 is 9.84 Å². The van der Waals surface area contributed by atoms with Crippen molar-refractivity contribution in [2.45, 2.75) is 57.2 Å². The van der Waals surface area contributed by atoms with E-state index >= 15 is 0 Å². The molecule has 1 aromatic carbocycles. The van der Waals surface area contributed by atoms with Gasteiger partial charge in [0.25, 0.3) is 0 Å². The van der Waals surface area contributed by atoms with Crippen LogP contribution in [0.2, 0.25) is 0 Å². The highest BCUT2D eigenvalue weighted by Crippen LogP contribution is 2.37. The summed E-state index contributed by atoms with van der Waals surface area (Å²) < 4.78 is 7.34. The Morgan fingerprint density at radius 2 is 1.81 bits per heavy atom. The van der Waals surface area contributed by atoms with Crippen molar-refractivity contribution in [3.05, 3.63) is 47.8 Å². The van der Waals surface area contributed by atoms with Gasteiger partial charge in [-0.3, -0.25) is 4.90 Å². The van der Waals surface area contributed by atoms with Crippen LogP contribution >= 0.6 is 0 Å². The molecule has 194 valence electrons. The zero-order valence-corrected chi connectivity index (χ0v) is 21.9. The van der Waals surface area contributed by atoms with Crippen LogP contribution in [0.25, 0.3) is 16.6 Å². The quantitative estimate of drug-likeness (QED) is 0.497. The lowest BCUT2D eigenvalue weighted by molar-refractivity contribution is 0.121. The summed E-state index contributed by atoms with van der Waals surface area (Å²) in [6.07, 6.45) is 5.39. The molecular formula is C28H40N6O2. The van der Waals surface area contributed by atoms with E-state index in [0.29, 0.717) is 18.5 Å². The summed E-state index contributed by atoms with van der Waals surface area (Å²) in [5.74, 6) is 0.985. The maximum atomic E-state index is 10.1. The molecule has 1 aliphatic carbocycles. The number of aliphatic hydroxyl groups is 1. The first-order chi connectivity index (χ1) is 17.5. The molecule has 1 atom stereocenters. The number of hydrogen-bond acceptors (Lipinski definition) is 7. The smallest absolute Gasteiger partial charge is 0.241 e. The largest absolute Gasteiger partial charge is 0.393 e. The molecule has 3 heterocycles. The fourth-order valence-corrected chi connectivity index (χ4v) is 5.54. The number of aliphatic hydroxyl groups excluding tert-OH is 1. The third-order valence-electron chi connectivity index (χ3n) is 7.72. The van der Waals surface area contributed by atoms with Gasteiger partial charge in [0.05, 0.1) is 24.4 Å². The molecule has 0 radical (unpaired) electrons. The number of aromatic nitrogens is 3. The van der Waals surface area contributed by atoms with Crippen molar-refractivity contribution in [3.8, 4) is 11.1 Å². The molecule has 2 N–H and O–H groups in total. The second kappa shape index (κ2) is 11.3. The van der Waals surface area contributed by atoms with Gasteiger partial charge in [0, 0.05) is 63.1 Å². The van der Waals surface area contributed by atoms with Crippen molar-refractivity contribution in [3.63, 3.8) is 0 Å². The Balaban J connectivity index is 1.42. The normalized spacial score (nSPS) is 22.7. The van der Waals surface area contributed by atoms with E-state index in [-0.39, 0.29) is 12.1 Å². The Kier molecular flexibility index (Phi) is 7.86. The molecule has 0 unspecified atom stereocenters. The highest BCUT2D eigenvalue weighted by molar-refractivity contribution is 5.81. The second-order valence-electron chi connectivity index (χ2n) is 10.6. The summed E-state index contributed by atoms with van der Waals surface area (Å²) in [5.41, 5.74) is 5.93. The summed E-state index contributed by atoms with van der Waals surface area (Å²) in [5, 5.41) is 18.3. The number of ether oxygens (including phenoxy) is 1. The van der Waals surface area contributed by atoms with Gasteiger partial charge in [-0.25, -0.2) is 9.50 Å². The number of benzene rings is 1. The maximum Gasteiger partial charge on any atom is 0.241 e. The number of rotatable bonds is 8. The molecule has 2 aliphatic rings. The number of nitrogens with one attached hydrogen (secondary N) is 1. The van der Waals surface area contributed by atoms with Gasteiger partial charge in [-0.2, -0.15) is 0 Å². The van der Waals surface area contributed by atoms with E-state index in [2.05, 4.69) is 68.9 Å². The Morgan fingerprint density at radius 1 is 1.08 bits per heavy atom. The molecule has 3 aromatic rings. The molecule has 2 aromatic heterocycles. The summed E-state index contributed by atoms with van der Waals surface area (Å²) in [6, 6.07) is 11.4. The average Bonchev–Trinajstić information content (AvgIpc) is 3.25. The Morgan fingerprint density at radius 3 is 2.50 bits per heavy atom. The van der Waals surface area contributed by atoms with Gasteiger partial charge in [0.2, 0.25) is 5.95 Å². The average molecular weight is 493 g/mol. The number of nitrogens with zero attached hydrogens (tertiary/aromatic N) is 5. The van der Waals surface area contributed by atoms with Gasteiger partial charge >= 0.3 is 0 Å². The summed E-state index contributed by atoms with van der Waals surface area (Å²) in [7, 11) is 3.90. The lowest BCUT2D eigenvalue weighted by atomic mass is 9.85. The van der Waals surface area contributed by atoms with Crippen molar-refractivity contribution in [1.82, 2.24) is 24.4 Å². The van der Waals surface area contributed by atoms with Crippen LogP contribution in [0.1, 0.15) is 49.8 Å². The number of piperazine rings is 1. The van der Waals surface area contributed by atoms with Crippen molar-refractivity contribution >= 4 is 11.5 Å². The molecule has 5 rings (SSSR count). The van der Waals surface area contributed by atoms with E-state index in [1.165, 1.54) is 22.4 Å². The van der Waals surface area contributed by atoms with Crippen LogP contribution in [-0.2, 0) is 11.3 Å². The lowest BCUT2D eigenvalue weighted by Crippen LogP contribution is -2.43. The Bertz CT molecular complexity index is 1130. The van der Waals surface area contributed by atoms with Crippen LogP contribution in [0, 0.1) is 0 Å². The van der Waals surface area contributed by atoms with Gasteiger partial charge in [0.15, 0.2) is 0 Å². The van der Waals surface area contributed by atoms with Crippen molar-refractivity contribution in [2.75, 3.05) is 52.3 Å². The third kappa shape index (κ3) is 5.72. The minimum atomic E-state index is -0.179. The summed E-state index contributed by atoms with van der Waals surface area (Å²) >= 11 is 0. The molecule has 8 heteroatoms. The first kappa shape index (κ1) is 25.1. The number of likely N-dealkylation sites (N-methyl/N-ethyl adjacent to an activating group) is 1. The number of methoxy groups -OCH3 is 1. The minimum absolute atomic E-state index is 0.114. The molecular weight excluding hydrogens is 452 g/mol. The van der Waals surface area contributed by atoms with Crippen LogP contribution in [-0.4, -0.2) is 88.6 Å². The van der Waals surface area contributed by atoms with Gasteiger partial charge < -0.3 is 20.1 Å². The predicted molar refractivity (Wildman–Crippen MR) is 143 cm³/mol. The molecule has 0 bridgehead atoms. The van der Waals surface area contributed by atoms with Crippen LogP contribution < -0.4 is 5.32 Å². The molecule has 1 saturated carbocycles. The van der Waals surface area contributed by atoms with E-state index in [4.69, 9.17) is 9.84 Å².